The summed E-state index contributed by atoms with van der Waals surface area (Å²) in [6.07, 6.45) is 25.6. The van der Waals surface area contributed by atoms with Gasteiger partial charge < -0.3 is 14.2 Å². The lowest BCUT2D eigenvalue weighted by molar-refractivity contribution is -0.145. The molecule has 0 N–H and O–H groups in total. The van der Waals surface area contributed by atoms with E-state index in [1.54, 1.807) is 0 Å². The summed E-state index contributed by atoms with van der Waals surface area (Å²) in [6.45, 7) is 9.57. The van der Waals surface area contributed by atoms with E-state index in [4.69, 9.17) is 14.2 Å². The van der Waals surface area contributed by atoms with Gasteiger partial charge in [-0.15, -0.1) is 0 Å². The summed E-state index contributed by atoms with van der Waals surface area (Å²) in [6, 6.07) is 0. The molecule has 0 aliphatic carbocycles. The first-order valence-corrected chi connectivity index (χ1v) is 15.1. The Hall–Kier alpha value is -0.610. The van der Waals surface area contributed by atoms with Gasteiger partial charge in [-0.25, -0.2) is 0 Å². The van der Waals surface area contributed by atoms with Gasteiger partial charge in [0.25, 0.3) is 0 Å². The van der Waals surface area contributed by atoms with E-state index in [2.05, 4.69) is 20.8 Å². The van der Waals surface area contributed by atoms with Gasteiger partial charge in [0.2, 0.25) is 0 Å². The molecule has 0 radical (unpaired) electrons. The molecule has 0 rings (SSSR count). The summed E-state index contributed by atoms with van der Waals surface area (Å²) in [5.74, 6) is 0.580. The van der Waals surface area contributed by atoms with Crippen LogP contribution in [0.5, 0.6) is 0 Å². The van der Waals surface area contributed by atoms with E-state index in [-0.39, 0.29) is 5.97 Å². The predicted molar refractivity (Wildman–Crippen MR) is 145 cm³/mol. The third-order valence-electron chi connectivity index (χ3n) is 6.74. The van der Waals surface area contributed by atoms with Gasteiger partial charge in [0, 0.05) is 13.0 Å². The number of ether oxygens (including phenoxy) is 3. The van der Waals surface area contributed by atoms with Gasteiger partial charge in [0.1, 0.15) is 6.61 Å². The van der Waals surface area contributed by atoms with Crippen LogP contribution in [-0.2, 0) is 19.0 Å². The minimum atomic E-state index is -0.0868. The summed E-state index contributed by atoms with van der Waals surface area (Å²) in [7, 11) is 0. The molecule has 0 fully saturated rings. The summed E-state index contributed by atoms with van der Waals surface area (Å²) < 4.78 is 16.5. The maximum absolute atomic E-state index is 11.8. The Morgan fingerprint density at radius 1 is 0.559 bits per heavy atom. The van der Waals surface area contributed by atoms with Crippen molar-refractivity contribution in [3.8, 4) is 0 Å². The largest absolute Gasteiger partial charge is 0.463 e. The molecule has 0 aliphatic heterocycles. The molecule has 204 valence electrons. The van der Waals surface area contributed by atoms with Crippen molar-refractivity contribution < 1.29 is 19.0 Å². The second kappa shape index (κ2) is 28.6. The van der Waals surface area contributed by atoms with Crippen LogP contribution >= 0.6 is 0 Å². The molecular formula is C30H60O4. The van der Waals surface area contributed by atoms with Crippen LogP contribution in [0.2, 0.25) is 0 Å². The number of hydrogen-bond donors (Lipinski definition) is 0. The minimum absolute atomic E-state index is 0.0868. The zero-order valence-corrected chi connectivity index (χ0v) is 23.4. The number of carbonyl (C=O) groups excluding carboxylic acids is 1. The molecule has 4 heteroatoms. The second-order valence-electron chi connectivity index (χ2n) is 10.0. The van der Waals surface area contributed by atoms with Gasteiger partial charge in [0.05, 0.1) is 19.8 Å². The first-order valence-electron chi connectivity index (χ1n) is 15.1. The van der Waals surface area contributed by atoms with Gasteiger partial charge in [-0.05, 0) is 18.8 Å². The fourth-order valence-electron chi connectivity index (χ4n) is 4.30. The normalized spacial score (nSPS) is 12.2. The minimum Gasteiger partial charge on any atom is -0.463 e. The van der Waals surface area contributed by atoms with E-state index in [0.29, 0.717) is 38.8 Å². The summed E-state index contributed by atoms with van der Waals surface area (Å²) in [5.41, 5.74) is 0. The summed E-state index contributed by atoms with van der Waals surface area (Å²) >= 11 is 0. The lowest BCUT2D eigenvalue weighted by Gasteiger charge is -2.14. The van der Waals surface area contributed by atoms with Crippen molar-refractivity contribution in [2.75, 3.05) is 33.0 Å². The predicted octanol–water partition coefficient (Wildman–Crippen LogP) is 9.04. The Morgan fingerprint density at radius 3 is 1.56 bits per heavy atom. The third kappa shape index (κ3) is 26.0. The van der Waals surface area contributed by atoms with Crippen LogP contribution in [0.15, 0.2) is 0 Å². The summed E-state index contributed by atoms with van der Waals surface area (Å²) in [5, 5.41) is 0. The van der Waals surface area contributed by atoms with E-state index < -0.39 is 0 Å². The van der Waals surface area contributed by atoms with E-state index in [1.165, 1.54) is 109 Å². The van der Waals surface area contributed by atoms with Crippen LogP contribution in [0.25, 0.3) is 0 Å². The lowest BCUT2D eigenvalue weighted by Crippen LogP contribution is -2.15. The zero-order chi connectivity index (χ0) is 25.0. The number of hydrogen-bond acceptors (Lipinski definition) is 4. The van der Waals surface area contributed by atoms with Gasteiger partial charge in [-0.1, -0.05) is 130 Å². The standard InChI is InChI=1S/C30H60O4/c1-4-7-9-10-11-12-13-14-15-16-17-18-19-20-21-23-30(31)34-27-26-32-24-25-33-28-29(6-3)22-8-5-2/h29H,4-28H2,1-3H3. The van der Waals surface area contributed by atoms with Gasteiger partial charge in [-0.2, -0.15) is 0 Å². The molecule has 0 heterocycles. The molecule has 0 aromatic carbocycles. The highest BCUT2D eigenvalue weighted by Crippen LogP contribution is 2.14. The van der Waals surface area contributed by atoms with Gasteiger partial charge >= 0.3 is 5.97 Å². The van der Waals surface area contributed by atoms with Crippen molar-refractivity contribution in [2.24, 2.45) is 5.92 Å². The fraction of sp³-hybridized carbons (Fsp3) is 0.967. The van der Waals surface area contributed by atoms with Crippen molar-refractivity contribution >= 4 is 5.97 Å². The molecule has 0 aliphatic rings. The maximum atomic E-state index is 11.8. The first-order chi connectivity index (χ1) is 16.7. The van der Waals surface area contributed by atoms with Gasteiger partial charge in [-0.3, -0.25) is 4.79 Å². The van der Waals surface area contributed by atoms with Crippen molar-refractivity contribution in [3.63, 3.8) is 0 Å². The molecule has 0 saturated carbocycles. The Balaban J connectivity index is 3.24. The van der Waals surface area contributed by atoms with E-state index in [0.717, 1.165) is 19.4 Å². The fourth-order valence-corrected chi connectivity index (χ4v) is 4.30. The molecule has 0 saturated heterocycles. The van der Waals surface area contributed by atoms with E-state index in [1.807, 2.05) is 0 Å². The first kappa shape index (κ1) is 33.4. The number of rotatable bonds is 28. The number of carbonyl (C=O) groups is 1. The Kier molecular flexibility index (Phi) is 28.1. The van der Waals surface area contributed by atoms with Crippen LogP contribution in [0, 0.1) is 5.92 Å². The highest BCUT2D eigenvalue weighted by molar-refractivity contribution is 5.69. The van der Waals surface area contributed by atoms with Crippen LogP contribution in [0.4, 0.5) is 0 Å². The molecule has 1 unspecified atom stereocenters. The Morgan fingerprint density at radius 2 is 1.03 bits per heavy atom. The SMILES string of the molecule is CCCCCCCCCCCCCCCCCC(=O)OCCOCCOCC(CC)CCCC. The highest BCUT2D eigenvalue weighted by atomic mass is 16.6. The van der Waals surface area contributed by atoms with E-state index >= 15 is 0 Å². The average molecular weight is 485 g/mol. The lowest BCUT2D eigenvalue weighted by atomic mass is 10.0. The highest BCUT2D eigenvalue weighted by Gasteiger charge is 2.06. The Labute approximate surface area is 213 Å². The van der Waals surface area contributed by atoms with Crippen LogP contribution in [-0.4, -0.2) is 39.0 Å². The van der Waals surface area contributed by atoms with Crippen molar-refractivity contribution in [3.05, 3.63) is 0 Å². The smallest absolute Gasteiger partial charge is 0.305 e. The zero-order valence-electron chi connectivity index (χ0n) is 23.4. The molecule has 0 aromatic rings. The molecule has 1 atom stereocenters. The van der Waals surface area contributed by atoms with Crippen LogP contribution in [0.3, 0.4) is 0 Å². The number of esters is 1. The molecular weight excluding hydrogens is 424 g/mol. The van der Waals surface area contributed by atoms with Crippen LogP contribution in [0.1, 0.15) is 149 Å². The van der Waals surface area contributed by atoms with Crippen molar-refractivity contribution in [2.45, 2.75) is 149 Å². The topological polar surface area (TPSA) is 44.8 Å². The molecule has 34 heavy (non-hydrogen) atoms. The summed E-state index contributed by atoms with van der Waals surface area (Å²) in [4.78, 5) is 11.8. The molecule has 0 amide bonds. The monoisotopic (exact) mass is 484 g/mol. The molecule has 0 spiro atoms. The van der Waals surface area contributed by atoms with Crippen molar-refractivity contribution in [1.82, 2.24) is 0 Å². The second-order valence-corrected chi connectivity index (χ2v) is 10.0. The maximum Gasteiger partial charge on any atom is 0.305 e. The molecule has 0 bridgehead atoms. The van der Waals surface area contributed by atoms with E-state index in [9.17, 15) is 4.79 Å². The molecule has 4 nitrogen and oxygen atoms in total. The Bertz CT molecular complexity index is 399. The van der Waals surface area contributed by atoms with Crippen LogP contribution < -0.4 is 0 Å². The van der Waals surface area contributed by atoms with Crippen molar-refractivity contribution in [1.29, 1.82) is 0 Å². The quantitative estimate of drug-likeness (QED) is 0.0820. The van der Waals surface area contributed by atoms with Gasteiger partial charge in [0.15, 0.2) is 0 Å². The average Bonchev–Trinajstić information content (AvgIpc) is 2.85. The number of unbranched alkanes of at least 4 members (excludes halogenated alkanes) is 15. The molecule has 0 aromatic heterocycles. The third-order valence-corrected chi connectivity index (χ3v) is 6.74.